The lowest BCUT2D eigenvalue weighted by atomic mass is 10.1. The van der Waals surface area contributed by atoms with Crippen LogP contribution in [0.5, 0.6) is 0 Å². The average Bonchev–Trinajstić information content (AvgIpc) is 2.43. The van der Waals surface area contributed by atoms with Crippen LogP contribution in [0.4, 0.5) is 0 Å². The monoisotopic (exact) mass is 351 g/mol. The Balaban J connectivity index is 2.16. The molecule has 0 aliphatic rings. The van der Waals surface area contributed by atoms with Gasteiger partial charge in [-0.25, -0.2) is 0 Å². The maximum absolute atomic E-state index is 12.4. The minimum Gasteiger partial charge on any atom is -0.337 e. The molecule has 0 atom stereocenters. The molecule has 4 heteroatoms. The topological polar surface area (TPSA) is 20.3 Å². The van der Waals surface area contributed by atoms with Crippen LogP contribution in [0.1, 0.15) is 21.5 Å². The molecular weight excluding hydrogens is 338 g/mol. The summed E-state index contributed by atoms with van der Waals surface area (Å²) in [5.41, 5.74) is 2.81. The molecular formula is C16H15BrClNO. The molecule has 0 aliphatic carbocycles. The van der Waals surface area contributed by atoms with Crippen LogP contribution in [-0.4, -0.2) is 17.9 Å². The van der Waals surface area contributed by atoms with Crippen molar-refractivity contribution in [3.8, 4) is 0 Å². The zero-order chi connectivity index (χ0) is 14.7. The summed E-state index contributed by atoms with van der Waals surface area (Å²) < 4.78 is 0.730. The summed E-state index contributed by atoms with van der Waals surface area (Å²) >= 11 is 9.50. The molecule has 0 spiro atoms. The Morgan fingerprint density at radius 1 is 1.20 bits per heavy atom. The zero-order valence-electron chi connectivity index (χ0n) is 11.4. The van der Waals surface area contributed by atoms with Crippen LogP contribution < -0.4 is 0 Å². The van der Waals surface area contributed by atoms with Gasteiger partial charge in [0.15, 0.2) is 0 Å². The molecule has 2 nitrogen and oxygen atoms in total. The molecule has 20 heavy (non-hydrogen) atoms. The van der Waals surface area contributed by atoms with E-state index in [1.165, 1.54) is 5.56 Å². The van der Waals surface area contributed by atoms with Gasteiger partial charge in [0.1, 0.15) is 0 Å². The predicted molar refractivity (Wildman–Crippen MR) is 86.1 cm³/mol. The van der Waals surface area contributed by atoms with Crippen molar-refractivity contribution in [1.82, 2.24) is 4.90 Å². The molecule has 0 aromatic heterocycles. The quantitative estimate of drug-likeness (QED) is 0.785. The summed E-state index contributed by atoms with van der Waals surface area (Å²) in [6.07, 6.45) is 0. The fourth-order valence-electron chi connectivity index (χ4n) is 1.91. The van der Waals surface area contributed by atoms with E-state index in [0.717, 1.165) is 10.0 Å². The van der Waals surface area contributed by atoms with Gasteiger partial charge in [-0.2, -0.15) is 0 Å². The van der Waals surface area contributed by atoms with Gasteiger partial charge in [0.2, 0.25) is 0 Å². The van der Waals surface area contributed by atoms with E-state index in [9.17, 15) is 4.79 Å². The minimum absolute atomic E-state index is 0.0862. The fraction of sp³-hybridized carbons (Fsp3) is 0.188. The number of halogens is 2. The van der Waals surface area contributed by atoms with Gasteiger partial charge in [0.05, 0.1) is 10.6 Å². The van der Waals surface area contributed by atoms with Gasteiger partial charge in [0.25, 0.3) is 5.91 Å². The number of benzene rings is 2. The van der Waals surface area contributed by atoms with Crippen molar-refractivity contribution in [3.05, 3.63) is 68.7 Å². The van der Waals surface area contributed by atoms with Crippen LogP contribution in [0.3, 0.4) is 0 Å². The minimum atomic E-state index is -0.0862. The number of aryl methyl sites for hydroxylation is 1. The van der Waals surface area contributed by atoms with Gasteiger partial charge in [-0.3, -0.25) is 4.79 Å². The molecule has 0 fully saturated rings. The third-order valence-corrected chi connectivity index (χ3v) is 4.37. The summed E-state index contributed by atoms with van der Waals surface area (Å²) in [5, 5.41) is 0.452. The Hall–Kier alpha value is -1.32. The first kappa shape index (κ1) is 15.1. The maximum Gasteiger partial charge on any atom is 0.255 e. The lowest BCUT2D eigenvalue weighted by Gasteiger charge is -2.18. The van der Waals surface area contributed by atoms with Crippen molar-refractivity contribution in [2.45, 2.75) is 13.5 Å². The van der Waals surface area contributed by atoms with Gasteiger partial charge in [-0.1, -0.05) is 47.5 Å². The molecule has 104 valence electrons. The molecule has 0 saturated heterocycles. The summed E-state index contributed by atoms with van der Waals surface area (Å²) in [7, 11) is 1.78. The highest BCUT2D eigenvalue weighted by Crippen LogP contribution is 2.27. The lowest BCUT2D eigenvalue weighted by Crippen LogP contribution is -2.26. The van der Waals surface area contributed by atoms with Crippen LogP contribution >= 0.6 is 27.5 Å². The molecule has 0 bridgehead atoms. The van der Waals surface area contributed by atoms with Crippen molar-refractivity contribution in [1.29, 1.82) is 0 Å². The fourth-order valence-corrected chi connectivity index (χ4v) is 2.49. The number of rotatable bonds is 3. The molecule has 0 saturated carbocycles. The van der Waals surface area contributed by atoms with Crippen LogP contribution in [0.25, 0.3) is 0 Å². The standard InChI is InChI=1S/C16H15BrClNO/c1-11-6-8-12(9-7-11)10-19(2)16(20)13-4-3-5-14(17)15(13)18/h3-9H,10H2,1-2H3. The Kier molecular flexibility index (Phi) is 4.84. The third kappa shape index (κ3) is 3.41. The van der Waals surface area contributed by atoms with Gasteiger partial charge in [0, 0.05) is 18.1 Å². The van der Waals surface area contributed by atoms with Gasteiger partial charge in [-0.05, 0) is 40.5 Å². The van der Waals surface area contributed by atoms with E-state index in [0.29, 0.717) is 17.1 Å². The molecule has 0 heterocycles. The number of carbonyl (C=O) groups excluding carboxylic acids is 1. The van der Waals surface area contributed by atoms with Gasteiger partial charge >= 0.3 is 0 Å². The Morgan fingerprint density at radius 2 is 1.85 bits per heavy atom. The van der Waals surface area contributed by atoms with Crippen molar-refractivity contribution in [3.63, 3.8) is 0 Å². The van der Waals surface area contributed by atoms with Crippen LogP contribution in [0.2, 0.25) is 5.02 Å². The summed E-state index contributed by atoms with van der Waals surface area (Å²) in [5.74, 6) is -0.0862. The van der Waals surface area contributed by atoms with Crippen LogP contribution in [0, 0.1) is 6.92 Å². The highest BCUT2D eigenvalue weighted by molar-refractivity contribution is 9.10. The highest BCUT2D eigenvalue weighted by Gasteiger charge is 2.16. The molecule has 2 rings (SSSR count). The van der Waals surface area contributed by atoms with Gasteiger partial charge < -0.3 is 4.90 Å². The first-order chi connectivity index (χ1) is 9.49. The van der Waals surface area contributed by atoms with E-state index in [-0.39, 0.29) is 5.91 Å². The van der Waals surface area contributed by atoms with Crippen LogP contribution in [0.15, 0.2) is 46.9 Å². The number of hydrogen-bond donors (Lipinski definition) is 0. The Morgan fingerprint density at radius 3 is 2.50 bits per heavy atom. The molecule has 0 aliphatic heterocycles. The average molecular weight is 353 g/mol. The van der Waals surface area contributed by atoms with Crippen molar-refractivity contribution >= 4 is 33.4 Å². The van der Waals surface area contributed by atoms with Crippen molar-refractivity contribution in [2.75, 3.05) is 7.05 Å². The number of amides is 1. The SMILES string of the molecule is Cc1ccc(CN(C)C(=O)c2cccc(Br)c2Cl)cc1. The molecule has 0 unspecified atom stereocenters. The first-order valence-corrected chi connectivity index (χ1v) is 7.41. The maximum atomic E-state index is 12.4. The normalized spacial score (nSPS) is 10.4. The van der Waals surface area contributed by atoms with Gasteiger partial charge in [-0.15, -0.1) is 0 Å². The number of carbonyl (C=O) groups is 1. The molecule has 0 N–H and O–H groups in total. The van der Waals surface area contributed by atoms with Crippen LogP contribution in [-0.2, 0) is 6.54 Å². The second-order valence-electron chi connectivity index (χ2n) is 4.75. The van der Waals surface area contributed by atoms with Crippen molar-refractivity contribution in [2.24, 2.45) is 0 Å². The van der Waals surface area contributed by atoms with E-state index in [1.807, 2.05) is 43.3 Å². The van der Waals surface area contributed by atoms with E-state index in [1.54, 1.807) is 18.0 Å². The van der Waals surface area contributed by atoms with E-state index >= 15 is 0 Å². The number of nitrogens with zero attached hydrogens (tertiary/aromatic N) is 1. The smallest absolute Gasteiger partial charge is 0.255 e. The second-order valence-corrected chi connectivity index (χ2v) is 5.98. The Labute approximate surface area is 132 Å². The molecule has 2 aromatic rings. The summed E-state index contributed by atoms with van der Waals surface area (Å²) in [4.78, 5) is 14.1. The molecule has 2 aromatic carbocycles. The largest absolute Gasteiger partial charge is 0.337 e. The second kappa shape index (κ2) is 6.42. The van der Waals surface area contributed by atoms with E-state index < -0.39 is 0 Å². The zero-order valence-corrected chi connectivity index (χ0v) is 13.7. The summed E-state index contributed by atoms with van der Waals surface area (Å²) in [6, 6.07) is 13.5. The lowest BCUT2D eigenvalue weighted by molar-refractivity contribution is 0.0785. The summed E-state index contributed by atoms with van der Waals surface area (Å²) in [6.45, 7) is 2.60. The molecule has 0 radical (unpaired) electrons. The number of hydrogen-bond acceptors (Lipinski definition) is 1. The Bertz CT molecular complexity index is 625. The third-order valence-electron chi connectivity index (χ3n) is 3.07. The van der Waals surface area contributed by atoms with Crippen molar-refractivity contribution < 1.29 is 4.79 Å². The van der Waals surface area contributed by atoms with E-state index in [4.69, 9.17) is 11.6 Å². The van der Waals surface area contributed by atoms with E-state index in [2.05, 4.69) is 15.9 Å². The first-order valence-electron chi connectivity index (χ1n) is 6.24. The molecule has 1 amide bonds. The predicted octanol–water partition coefficient (Wildman–Crippen LogP) is 4.68. The highest BCUT2D eigenvalue weighted by atomic mass is 79.9.